The molecule has 2 heterocycles. The van der Waals surface area contributed by atoms with Crippen LogP contribution in [0.15, 0.2) is 27.4 Å². The van der Waals surface area contributed by atoms with Gasteiger partial charge in [0.1, 0.15) is 24.4 Å². The normalized spacial score (nSPS) is 28.9. The summed E-state index contributed by atoms with van der Waals surface area (Å²) in [5.74, 6) is -0.839. The van der Waals surface area contributed by atoms with E-state index in [0.717, 1.165) is 0 Å². The van der Waals surface area contributed by atoms with E-state index in [1.807, 2.05) is 0 Å². The highest BCUT2D eigenvalue weighted by atomic mass is 16.7. The molecule has 5 atom stereocenters. The zero-order chi connectivity index (χ0) is 19.0. The number of hydrogen-bond donors (Lipinski definition) is 5. The Hall–Kier alpha value is -2.37. The van der Waals surface area contributed by atoms with Crippen molar-refractivity contribution >= 4 is 11.0 Å². The zero-order valence-corrected chi connectivity index (χ0v) is 13.6. The third-order valence-electron chi connectivity index (χ3n) is 4.11. The molecule has 1 aliphatic heterocycles. The van der Waals surface area contributed by atoms with Gasteiger partial charge in [-0.25, -0.2) is 4.79 Å². The highest BCUT2D eigenvalue weighted by Crippen LogP contribution is 2.43. The Labute approximate surface area is 146 Å². The number of fused-ring (bicyclic) bond motifs is 1. The van der Waals surface area contributed by atoms with Crippen LogP contribution in [0.3, 0.4) is 0 Å². The molecule has 0 amide bonds. The maximum atomic E-state index is 11.4. The molecule has 0 aliphatic carbocycles. The molecule has 1 fully saturated rings. The van der Waals surface area contributed by atoms with E-state index < -0.39 is 48.7 Å². The summed E-state index contributed by atoms with van der Waals surface area (Å²) >= 11 is 0. The fraction of sp³-hybridized carbons (Fsp3) is 0.438. The molecule has 0 bridgehead atoms. The molecule has 0 saturated carbocycles. The number of aliphatic hydroxyl groups is 4. The lowest BCUT2D eigenvalue weighted by molar-refractivity contribution is -0.277. The van der Waals surface area contributed by atoms with E-state index in [1.54, 1.807) is 0 Å². The molecule has 5 N–H and O–H groups in total. The van der Waals surface area contributed by atoms with E-state index in [0.29, 0.717) is 5.39 Å². The molecule has 0 unspecified atom stereocenters. The molecular formula is C16H18O10. The van der Waals surface area contributed by atoms with E-state index >= 15 is 0 Å². The lowest BCUT2D eigenvalue weighted by Crippen LogP contribution is -2.60. The average molecular weight is 370 g/mol. The summed E-state index contributed by atoms with van der Waals surface area (Å²) in [6.45, 7) is -0.638. The van der Waals surface area contributed by atoms with Gasteiger partial charge in [0.15, 0.2) is 11.3 Å². The van der Waals surface area contributed by atoms with Crippen molar-refractivity contribution in [3.8, 4) is 17.2 Å². The Bertz CT molecular complexity index is 845. The number of aliphatic hydroxyl groups excluding tert-OH is 4. The molecule has 10 nitrogen and oxygen atoms in total. The predicted octanol–water partition coefficient (Wildman–Crippen LogP) is -1.31. The second-order valence-corrected chi connectivity index (χ2v) is 5.74. The minimum atomic E-state index is -1.68. The molecule has 1 aliphatic rings. The lowest BCUT2D eigenvalue weighted by atomic mass is 9.99. The van der Waals surface area contributed by atoms with E-state index in [9.17, 15) is 30.3 Å². The van der Waals surface area contributed by atoms with Crippen LogP contribution in [0, 0.1) is 0 Å². The largest absolute Gasteiger partial charge is 0.502 e. The van der Waals surface area contributed by atoms with Crippen LogP contribution >= 0.6 is 0 Å². The number of methoxy groups -OCH3 is 1. The van der Waals surface area contributed by atoms with Crippen LogP contribution in [0.4, 0.5) is 0 Å². The van der Waals surface area contributed by atoms with Crippen molar-refractivity contribution < 1.29 is 44.2 Å². The molecule has 26 heavy (non-hydrogen) atoms. The van der Waals surface area contributed by atoms with E-state index in [1.165, 1.54) is 25.3 Å². The maximum Gasteiger partial charge on any atom is 0.336 e. The van der Waals surface area contributed by atoms with Crippen LogP contribution < -0.4 is 15.1 Å². The Morgan fingerprint density at radius 1 is 1.15 bits per heavy atom. The topological polar surface area (TPSA) is 159 Å². The highest BCUT2D eigenvalue weighted by Gasteiger charge is 2.45. The standard InChI is InChI=1S/C16H18O10/c1-23-7-4-6-2-3-9(18)25-14(6)13(22)15(7)26-16-12(21)11(20)10(19)8(5-17)24-16/h2-4,8,10-12,16-17,19-22H,5H2,1H3/t8-,10-,11-,12-,16+/m0/s1. The van der Waals surface area contributed by atoms with Gasteiger partial charge in [-0.1, -0.05) is 0 Å². The SMILES string of the molecule is COc1cc2ccc(=O)oc2c(O)c1O[C@H]1O[C@@H](CO)[C@H](O)[C@H](O)[C@@H]1O. The Balaban J connectivity index is 2.02. The van der Waals surface area contributed by atoms with Crippen LogP contribution in [0.1, 0.15) is 0 Å². The number of aromatic hydroxyl groups is 1. The second-order valence-electron chi connectivity index (χ2n) is 5.74. The van der Waals surface area contributed by atoms with Crippen molar-refractivity contribution in [3.63, 3.8) is 0 Å². The first-order chi connectivity index (χ1) is 12.4. The molecule has 0 spiro atoms. The number of benzene rings is 1. The molecule has 142 valence electrons. The van der Waals surface area contributed by atoms with Gasteiger partial charge >= 0.3 is 5.63 Å². The molecule has 10 heteroatoms. The maximum absolute atomic E-state index is 11.4. The van der Waals surface area contributed by atoms with Gasteiger partial charge in [0.2, 0.25) is 17.8 Å². The van der Waals surface area contributed by atoms with Gasteiger partial charge < -0.3 is 44.2 Å². The van der Waals surface area contributed by atoms with Gasteiger partial charge in [0.05, 0.1) is 13.7 Å². The van der Waals surface area contributed by atoms with E-state index in [4.69, 9.17) is 18.6 Å². The van der Waals surface area contributed by atoms with Crippen LogP contribution in [-0.4, -0.2) is 70.0 Å². The average Bonchev–Trinajstić information content (AvgIpc) is 2.64. The molecular weight excluding hydrogens is 352 g/mol. The van der Waals surface area contributed by atoms with Gasteiger partial charge in [0, 0.05) is 11.5 Å². The van der Waals surface area contributed by atoms with Gasteiger partial charge in [-0.15, -0.1) is 0 Å². The summed E-state index contributed by atoms with van der Waals surface area (Å²) in [5, 5.41) is 49.7. The van der Waals surface area contributed by atoms with Crippen LogP contribution in [0.5, 0.6) is 17.2 Å². The zero-order valence-electron chi connectivity index (χ0n) is 13.6. The van der Waals surface area contributed by atoms with Gasteiger partial charge in [-0.05, 0) is 12.1 Å². The van der Waals surface area contributed by atoms with Gasteiger partial charge in [-0.3, -0.25) is 0 Å². The number of hydrogen-bond acceptors (Lipinski definition) is 10. The smallest absolute Gasteiger partial charge is 0.336 e. The summed E-state index contributed by atoms with van der Waals surface area (Å²) in [6.07, 6.45) is -7.63. The highest BCUT2D eigenvalue weighted by molar-refractivity contribution is 5.87. The van der Waals surface area contributed by atoms with Gasteiger partial charge in [0.25, 0.3) is 0 Å². The Morgan fingerprint density at radius 2 is 1.88 bits per heavy atom. The molecule has 0 radical (unpaired) electrons. The second kappa shape index (κ2) is 7.09. The van der Waals surface area contributed by atoms with Crippen molar-refractivity contribution in [3.05, 3.63) is 28.6 Å². The van der Waals surface area contributed by atoms with Crippen LogP contribution in [-0.2, 0) is 4.74 Å². The first-order valence-corrected chi connectivity index (χ1v) is 7.68. The first kappa shape index (κ1) is 18.4. The molecule has 3 rings (SSSR count). The Kier molecular flexibility index (Phi) is 5.03. The fourth-order valence-corrected chi connectivity index (χ4v) is 2.70. The summed E-state index contributed by atoms with van der Waals surface area (Å²) in [7, 11) is 1.31. The van der Waals surface area contributed by atoms with Crippen molar-refractivity contribution in [2.24, 2.45) is 0 Å². The van der Waals surface area contributed by atoms with E-state index in [2.05, 4.69) is 0 Å². The third kappa shape index (κ3) is 3.08. The predicted molar refractivity (Wildman–Crippen MR) is 85.1 cm³/mol. The van der Waals surface area contributed by atoms with Crippen LogP contribution in [0.25, 0.3) is 11.0 Å². The number of rotatable bonds is 4. The minimum Gasteiger partial charge on any atom is -0.502 e. The molecule has 1 aromatic carbocycles. The summed E-state index contributed by atoms with van der Waals surface area (Å²) in [5.41, 5.74) is -0.866. The quantitative estimate of drug-likeness (QED) is 0.409. The van der Waals surface area contributed by atoms with Crippen molar-refractivity contribution in [2.45, 2.75) is 30.7 Å². The summed E-state index contributed by atoms with van der Waals surface area (Å²) in [4.78, 5) is 11.4. The lowest BCUT2D eigenvalue weighted by Gasteiger charge is -2.39. The number of phenols is 1. The van der Waals surface area contributed by atoms with E-state index in [-0.39, 0.29) is 17.1 Å². The van der Waals surface area contributed by atoms with Crippen molar-refractivity contribution in [1.29, 1.82) is 0 Å². The fourth-order valence-electron chi connectivity index (χ4n) is 2.70. The molecule has 1 aromatic heterocycles. The monoisotopic (exact) mass is 370 g/mol. The number of ether oxygens (including phenoxy) is 3. The number of phenolic OH excluding ortho intramolecular Hbond substituents is 1. The molecule has 2 aromatic rings. The van der Waals surface area contributed by atoms with Gasteiger partial charge in [-0.2, -0.15) is 0 Å². The van der Waals surface area contributed by atoms with Crippen LogP contribution in [0.2, 0.25) is 0 Å². The van der Waals surface area contributed by atoms with Crippen molar-refractivity contribution in [1.82, 2.24) is 0 Å². The third-order valence-corrected chi connectivity index (χ3v) is 4.11. The molecule has 1 saturated heterocycles. The summed E-state index contributed by atoms with van der Waals surface area (Å²) in [6, 6.07) is 4.01. The van der Waals surface area contributed by atoms with Crippen molar-refractivity contribution in [2.75, 3.05) is 13.7 Å². The Morgan fingerprint density at radius 3 is 2.54 bits per heavy atom. The minimum absolute atomic E-state index is 0.0424. The first-order valence-electron chi connectivity index (χ1n) is 7.68. The summed E-state index contributed by atoms with van der Waals surface area (Å²) < 4.78 is 20.8.